The molecule has 3 aromatic rings. The van der Waals surface area contributed by atoms with Crippen molar-refractivity contribution >= 4 is 20.9 Å². The van der Waals surface area contributed by atoms with E-state index in [9.17, 15) is 17.9 Å². The van der Waals surface area contributed by atoms with Gasteiger partial charge in [0.05, 0.1) is 18.1 Å². The van der Waals surface area contributed by atoms with Crippen LogP contribution in [0, 0.1) is 5.82 Å². The highest BCUT2D eigenvalue weighted by molar-refractivity contribution is 7.89. The number of halogens is 1. The predicted molar refractivity (Wildman–Crippen MR) is 96.0 cm³/mol. The van der Waals surface area contributed by atoms with Crippen molar-refractivity contribution in [3.63, 3.8) is 0 Å². The highest BCUT2D eigenvalue weighted by Crippen LogP contribution is 2.23. The molecule has 1 aromatic heterocycles. The third-order valence-electron chi connectivity index (χ3n) is 4.19. The van der Waals surface area contributed by atoms with Crippen molar-refractivity contribution in [2.75, 3.05) is 13.7 Å². The molecule has 3 rings (SSSR count). The van der Waals surface area contributed by atoms with Crippen molar-refractivity contribution in [2.45, 2.75) is 11.0 Å². The molecule has 0 saturated heterocycles. The van der Waals surface area contributed by atoms with Crippen LogP contribution >= 0.6 is 0 Å². The summed E-state index contributed by atoms with van der Waals surface area (Å²) in [5.41, 5.74) is 1.60. The zero-order valence-corrected chi connectivity index (χ0v) is 15.1. The quantitative estimate of drug-likeness (QED) is 0.690. The molecule has 0 aliphatic carbocycles. The second-order valence-electron chi connectivity index (χ2n) is 5.91. The predicted octanol–water partition coefficient (Wildman–Crippen LogP) is 2.34. The first kappa shape index (κ1) is 18.4. The molecule has 0 amide bonds. The van der Waals surface area contributed by atoms with Gasteiger partial charge in [0, 0.05) is 25.3 Å². The molecule has 0 bridgehead atoms. The Morgan fingerprint density at radius 1 is 1.23 bits per heavy atom. The van der Waals surface area contributed by atoms with Gasteiger partial charge in [0.25, 0.3) is 0 Å². The van der Waals surface area contributed by atoms with E-state index in [1.54, 1.807) is 12.1 Å². The van der Waals surface area contributed by atoms with Crippen molar-refractivity contribution in [3.8, 4) is 5.75 Å². The zero-order chi connectivity index (χ0) is 18.9. The average molecular weight is 378 g/mol. The Balaban J connectivity index is 1.74. The monoisotopic (exact) mass is 378 g/mol. The van der Waals surface area contributed by atoms with Gasteiger partial charge in [0.2, 0.25) is 10.0 Å². The fraction of sp³-hybridized carbons (Fsp3) is 0.222. The Hall–Kier alpha value is -2.42. The minimum absolute atomic E-state index is 0.0415. The van der Waals surface area contributed by atoms with E-state index in [-0.39, 0.29) is 17.2 Å². The Morgan fingerprint density at radius 3 is 2.69 bits per heavy atom. The van der Waals surface area contributed by atoms with Crippen LogP contribution < -0.4 is 9.46 Å². The van der Waals surface area contributed by atoms with Crippen LogP contribution in [-0.2, 0) is 17.1 Å². The first-order chi connectivity index (χ1) is 12.3. The topological polar surface area (TPSA) is 80.6 Å². The Labute approximate surface area is 150 Å². The van der Waals surface area contributed by atoms with Gasteiger partial charge in [-0.1, -0.05) is 6.07 Å². The minimum atomic E-state index is -3.96. The molecule has 0 saturated carbocycles. The lowest BCUT2D eigenvalue weighted by atomic mass is 10.1. The Morgan fingerprint density at radius 2 is 2.00 bits per heavy atom. The lowest BCUT2D eigenvalue weighted by Crippen LogP contribution is -2.28. The van der Waals surface area contributed by atoms with Gasteiger partial charge in [0.1, 0.15) is 0 Å². The number of rotatable bonds is 6. The van der Waals surface area contributed by atoms with E-state index in [1.807, 2.05) is 29.9 Å². The second kappa shape index (κ2) is 7.06. The van der Waals surface area contributed by atoms with Crippen LogP contribution in [0.2, 0.25) is 0 Å². The molecule has 0 aliphatic heterocycles. The van der Waals surface area contributed by atoms with E-state index in [0.29, 0.717) is 5.56 Å². The van der Waals surface area contributed by atoms with Crippen LogP contribution in [0.25, 0.3) is 10.9 Å². The van der Waals surface area contributed by atoms with Crippen LogP contribution in [0.3, 0.4) is 0 Å². The molecule has 8 heteroatoms. The number of sulfonamides is 1. The number of methoxy groups -OCH3 is 1. The largest absolute Gasteiger partial charge is 0.494 e. The molecule has 0 unspecified atom stereocenters. The van der Waals surface area contributed by atoms with Crippen LogP contribution in [-0.4, -0.2) is 31.7 Å². The molecular weight excluding hydrogens is 359 g/mol. The first-order valence-corrected chi connectivity index (χ1v) is 9.36. The maximum Gasteiger partial charge on any atom is 0.240 e. The molecule has 0 fully saturated rings. The number of fused-ring (bicyclic) bond motifs is 1. The summed E-state index contributed by atoms with van der Waals surface area (Å²) in [4.78, 5) is -0.235. The number of hydrogen-bond donors (Lipinski definition) is 2. The average Bonchev–Trinajstić information content (AvgIpc) is 3.00. The maximum absolute atomic E-state index is 13.7. The van der Waals surface area contributed by atoms with E-state index >= 15 is 0 Å². The van der Waals surface area contributed by atoms with Crippen molar-refractivity contribution in [1.82, 2.24) is 9.29 Å². The number of aromatic nitrogens is 1. The first-order valence-electron chi connectivity index (χ1n) is 7.88. The van der Waals surface area contributed by atoms with Crippen molar-refractivity contribution < 1.29 is 22.7 Å². The number of benzene rings is 2. The van der Waals surface area contributed by atoms with Gasteiger partial charge in [0.15, 0.2) is 11.6 Å². The lowest BCUT2D eigenvalue weighted by Gasteiger charge is -2.13. The van der Waals surface area contributed by atoms with Gasteiger partial charge in [-0.2, -0.15) is 0 Å². The third kappa shape index (κ3) is 3.57. The summed E-state index contributed by atoms with van der Waals surface area (Å²) < 4.78 is 47.4. The molecule has 2 N–H and O–H groups in total. The van der Waals surface area contributed by atoms with E-state index in [2.05, 4.69) is 4.72 Å². The summed E-state index contributed by atoms with van der Waals surface area (Å²) in [5, 5.41) is 11.3. The molecule has 0 aliphatic rings. The van der Waals surface area contributed by atoms with Crippen molar-refractivity contribution in [1.29, 1.82) is 0 Å². The number of nitrogens with one attached hydrogen (secondary N) is 1. The highest BCUT2D eigenvalue weighted by Gasteiger charge is 2.19. The van der Waals surface area contributed by atoms with E-state index in [1.165, 1.54) is 19.2 Å². The highest BCUT2D eigenvalue weighted by atomic mass is 32.2. The normalized spacial score (nSPS) is 13.1. The Kier molecular flexibility index (Phi) is 4.99. The van der Waals surface area contributed by atoms with E-state index in [4.69, 9.17) is 4.74 Å². The fourth-order valence-corrected chi connectivity index (χ4v) is 3.76. The zero-order valence-electron chi connectivity index (χ0n) is 14.3. The maximum atomic E-state index is 13.7. The Bertz CT molecular complexity index is 1050. The van der Waals surface area contributed by atoms with E-state index in [0.717, 1.165) is 17.0 Å². The molecule has 26 heavy (non-hydrogen) atoms. The molecule has 138 valence electrons. The number of aliphatic hydroxyl groups excluding tert-OH is 1. The SMILES string of the molecule is COc1ccc(S(=O)(=O)NC[C@@H](O)c2ccc3c(ccn3C)c2)cc1F. The molecule has 0 spiro atoms. The van der Waals surface area contributed by atoms with Gasteiger partial charge in [-0.25, -0.2) is 17.5 Å². The van der Waals surface area contributed by atoms with E-state index < -0.39 is 21.9 Å². The number of nitrogens with zero attached hydrogens (tertiary/aromatic N) is 1. The summed E-state index contributed by atoms with van der Waals surface area (Å²) in [7, 11) is -0.745. The summed E-state index contributed by atoms with van der Waals surface area (Å²) in [5.74, 6) is -0.814. The summed E-state index contributed by atoms with van der Waals surface area (Å²) >= 11 is 0. The minimum Gasteiger partial charge on any atom is -0.494 e. The summed E-state index contributed by atoms with van der Waals surface area (Å²) in [6, 6.07) is 10.7. The van der Waals surface area contributed by atoms with Crippen molar-refractivity contribution in [3.05, 3.63) is 60.0 Å². The molecule has 0 radical (unpaired) electrons. The molecular formula is C18H19FN2O4S. The number of ether oxygens (including phenoxy) is 1. The van der Waals surface area contributed by atoms with Gasteiger partial charge >= 0.3 is 0 Å². The standard InChI is InChI=1S/C18H19FN2O4S/c1-21-8-7-12-9-13(3-5-16(12)21)17(22)11-20-26(23,24)14-4-6-18(25-2)15(19)10-14/h3-10,17,20,22H,11H2,1-2H3/t17-/m1/s1. The van der Waals surface area contributed by atoms with Crippen LogP contribution in [0.5, 0.6) is 5.75 Å². The lowest BCUT2D eigenvalue weighted by molar-refractivity contribution is 0.182. The van der Waals surface area contributed by atoms with Gasteiger partial charge in [-0.05, 0) is 47.3 Å². The number of hydrogen-bond acceptors (Lipinski definition) is 4. The van der Waals surface area contributed by atoms with Crippen LogP contribution in [0.15, 0.2) is 53.6 Å². The van der Waals surface area contributed by atoms with Crippen molar-refractivity contribution in [2.24, 2.45) is 7.05 Å². The van der Waals surface area contributed by atoms with Gasteiger partial charge < -0.3 is 14.4 Å². The number of aryl methyl sites for hydroxylation is 1. The molecule has 1 atom stereocenters. The number of aliphatic hydroxyl groups is 1. The summed E-state index contributed by atoms with van der Waals surface area (Å²) in [6.07, 6.45) is 0.874. The second-order valence-corrected chi connectivity index (χ2v) is 7.68. The van der Waals surface area contributed by atoms with Crippen LogP contribution in [0.1, 0.15) is 11.7 Å². The fourth-order valence-electron chi connectivity index (χ4n) is 2.71. The van der Waals surface area contributed by atoms with Gasteiger partial charge in [-0.15, -0.1) is 0 Å². The summed E-state index contributed by atoms with van der Waals surface area (Å²) in [6.45, 7) is -0.228. The smallest absolute Gasteiger partial charge is 0.240 e. The molecule has 2 aromatic carbocycles. The molecule has 1 heterocycles. The van der Waals surface area contributed by atoms with Gasteiger partial charge in [-0.3, -0.25) is 0 Å². The van der Waals surface area contributed by atoms with Crippen LogP contribution in [0.4, 0.5) is 4.39 Å². The third-order valence-corrected chi connectivity index (χ3v) is 5.62. The molecule has 6 nitrogen and oxygen atoms in total.